The van der Waals surface area contributed by atoms with Crippen molar-refractivity contribution in [3.8, 4) is 5.75 Å². The fourth-order valence-electron chi connectivity index (χ4n) is 2.87. The van der Waals surface area contributed by atoms with E-state index in [9.17, 15) is 4.79 Å². The van der Waals surface area contributed by atoms with Gasteiger partial charge in [0.25, 0.3) is 0 Å². The summed E-state index contributed by atoms with van der Waals surface area (Å²) in [6.45, 7) is 4.22. The molecule has 2 aromatic rings. The van der Waals surface area contributed by atoms with Gasteiger partial charge in [0.05, 0.1) is 13.1 Å². The van der Waals surface area contributed by atoms with Gasteiger partial charge < -0.3 is 19.9 Å². The van der Waals surface area contributed by atoms with Crippen molar-refractivity contribution < 1.29 is 9.53 Å². The molecule has 0 bridgehead atoms. The maximum atomic E-state index is 11.9. The largest absolute Gasteiger partial charge is 0.492 e. The minimum absolute atomic E-state index is 0.224. The molecule has 0 fully saturated rings. The monoisotopic (exact) mass is 343 g/mol. The van der Waals surface area contributed by atoms with Crippen molar-refractivity contribution in [1.29, 1.82) is 0 Å². The molecule has 0 unspecified atom stereocenters. The van der Waals surface area contributed by atoms with Crippen molar-refractivity contribution in [2.75, 3.05) is 13.2 Å². The number of aryl methyl sites for hydroxylation is 2. The summed E-state index contributed by atoms with van der Waals surface area (Å²) in [6, 6.07) is 7.62. The molecule has 1 aromatic carbocycles. The molecule has 0 atom stereocenters. The summed E-state index contributed by atoms with van der Waals surface area (Å²) >= 11 is 0. The fraction of sp³-hybridized carbons (Fsp3) is 0.500. The Labute approximate surface area is 147 Å². The van der Waals surface area contributed by atoms with Crippen LogP contribution in [0.25, 0.3) is 0 Å². The average molecular weight is 343 g/mol. The lowest BCUT2D eigenvalue weighted by Crippen LogP contribution is -2.37. The topological polar surface area (TPSA) is 81.1 Å². The van der Waals surface area contributed by atoms with Gasteiger partial charge in [0, 0.05) is 13.0 Å². The van der Waals surface area contributed by atoms with E-state index in [-0.39, 0.29) is 6.03 Å². The number of hydrogen-bond donors (Lipinski definition) is 2. The smallest absolute Gasteiger partial charge is 0.315 e. The van der Waals surface area contributed by atoms with Gasteiger partial charge in [-0.05, 0) is 31.9 Å². The SMILES string of the molecule is Cc1ccc(OCCNC(=O)NCc2nnc3n2CCCCC3)cc1. The Bertz CT molecular complexity index is 696. The van der Waals surface area contributed by atoms with Crippen LogP contribution in [0.5, 0.6) is 5.75 Å². The number of aromatic nitrogens is 3. The van der Waals surface area contributed by atoms with Crippen molar-refractivity contribution in [3.63, 3.8) is 0 Å². The molecular formula is C18H25N5O2. The highest BCUT2D eigenvalue weighted by Crippen LogP contribution is 2.14. The number of benzene rings is 1. The van der Waals surface area contributed by atoms with E-state index in [4.69, 9.17) is 4.74 Å². The van der Waals surface area contributed by atoms with Gasteiger partial charge in [-0.15, -0.1) is 10.2 Å². The van der Waals surface area contributed by atoms with Crippen LogP contribution in [0.4, 0.5) is 4.79 Å². The lowest BCUT2D eigenvalue weighted by Gasteiger charge is -2.10. The maximum Gasteiger partial charge on any atom is 0.315 e. The molecule has 0 spiro atoms. The Morgan fingerprint density at radius 3 is 2.84 bits per heavy atom. The molecule has 0 saturated heterocycles. The number of fused-ring (bicyclic) bond motifs is 1. The second-order valence-corrected chi connectivity index (χ2v) is 6.27. The number of urea groups is 1. The molecule has 0 radical (unpaired) electrons. The minimum atomic E-state index is -0.224. The number of carbonyl (C=O) groups is 1. The van der Waals surface area contributed by atoms with E-state index in [1.54, 1.807) is 0 Å². The maximum absolute atomic E-state index is 11.9. The third-order valence-corrected chi connectivity index (χ3v) is 4.27. The standard InChI is InChI=1S/C18H25N5O2/c1-14-6-8-15(9-7-14)25-12-10-19-18(24)20-13-17-22-21-16-5-3-2-4-11-23(16)17/h6-9H,2-5,10-13H2,1H3,(H2,19,20,24). The van der Waals surface area contributed by atoms with E-state index in [2.05, 4.69) is 25.4 Å². The Balaban J connectivity index is 1.37. The molecule has 1 aliphatic heterocycles. The van der Waals surface area contributed by atoms with Gasteiger partial charge in [0.15, 0.2) is 5.82 Å². The molecule has 3 rings (SSSR count). The van der Waals surface area contributed by atoms with E-state index in [1.165, 1.54) is 12.0 Å². The van der Waals surface area contributed by atoms with Crippen LogP contribution in [0, 0.1) is 6.92 Å². The van der Waals surface area contributed by atoms with E-state index in [0.29, 0.717) is 19.7 Å². The average Bonchev–Trinajstić information content (AvgIpc) is 2.85. The number of amides is 2. The zero-order chi connectivity index (χ0) is 17.5. The molecule has 0 saturated carbocycles. The number of rotatable bonds is 6. The molecule has 2 amide bonds. The molecule has 25 heavy (non-hydrogen) atoms. The third kappa shape index (κ3) is 4.95. The normalized spacial score (nSPS) is 13.6. The Morgan fingerprint density at radius 1 is 1.16 bits per heavy atom. The Hall–Kier alpha value is -2.57. The van der Waals surface area contributed by atoms with E-state index in [1.807, 2.05) is 31.2 Å². The van der Waals surface area contributed by atoms with E-state index < -0.39 is 0 Å². The summed E-state index contributed by atoms with van der Waals surface area (Å²) in [7, 11) is 0. The van der Waals surface area contributed by atoms with Crippen molar-refractivity contribution in [2.24, 2.45) is 0 Å². The first-order chi connectivity index (χ1) is 12.2. The highest BCUT2D eigenvalue weighted by molar-refractivity contribution is 5.73. The molecule has 2 heterocycles. The quantitative estimate of drug-likeness (QED) is 0.788. The molecule has 7 nitrogen and oxygen atoms in total. The van der Waals surface area contributed by atoms with Gasteiger partial charge in [0.2, 0.25) is 0 Å². The van der Waals surface area contributed by atoms with Crippen LogP contribution in [-0.2, 0) is 19.5 Å². The molecule has 1 aromatic heterocycles. The first-order valence-corrected chi connectivity index (χ1v) is 8.84. The second kappa shape index (κ2) is 8.50. The van der Waals surface area contributed by atoms with Gasteiger partial charge in [0.1, 0.15) is 18.2 Å². The number of nitrogens with zero attached hydrogens (tertiary/aromatic N) is 3. The number of ether oxygens (including phenoxy) is 1. The zero-order valence-corrected chi connectivity index (χ0v) is 14.6. The van der Waals surface area contributed by atoms with Crippen molar-refractivity contribution in [2.45, 2.75) is 45.7 Å². The predicted molar refractivity (Wildman–Crippen MR) is 94.5 cm³/mol. The molecule has 134 valence electrons. The van der Waals surface area contributed by atoms with Gasteiger partial charge in [-0.1, -0.05) is 24.1 Å². The van der Waals surface area contributed by atoms with Crippen LogP contribution in [0.15, 0.2) is 24.3 Å². The number of hydrogen-bond acceptors (Lipinski definition) is 4. The summed E-state index contributed by atoms with van der Waals surface area (Å²) in [4.78, 5) is 11.9. The van der Waals surface area contributed by atoms with Crippen molar-refractivity contribution in [1.82, 2.24) is 25.4 Å². The van der Waals surface area contributed by atoms with Crippen LogP contribution in [0.1, 0.15) is 36.5 Å². The summed E-state index contributed by atoms with van der Waals surface area (Å²) < 4.78 is 7.71. The highest BCUT2D eigenvalue weighted by Gasteiger charge is 2.14. The zero-order valence-electron chi connectivity index (χ0n) is 14.6. The molecular weight excluding hydrogens is 318 g/mol. The van der Waals surface area contributed by atoms with Gasteiger partial charge in [-0.25, -0.2) is 4.79 Å². The molecule has 2 N–H and O–H groups in total. The lowest BCUT2D eigenvalue weighted by atomic mass is 10.2. The van der Waals surface area contributed by atoms with Crippen LogP contribution < -0.4 is 15.4 Å². The summed E-state index contributed by atoms with van der Waals surface area (Å²) in [5.41, 5.74) is 1.19. The first-order valence-electron chi connectivity index (χ1n) is 8.84. The summed E-state index contributed by atoms with van der Waals surface area (Å²) in [5.74, 6) is 2.66. The molecule has 0 aliphatic carbocycles. The van der Waals surface area contributed by atoms with Crippen molar-refractivity contribution in [3.05, 3.63) is 41.5 Å². The predicted octanol–water partition coefficient (Wildman–Crippen LogP) is 2.19. The van der Waals surface area contributed by atoms with E-state index >= 15 is 0 Å². The number of nitrogens with one attached hydrogen (secondary N) is 2. The van der Waals surface area contributed by atoms with Crippen LogP contribution >= 0.6 is 0 Å². The van der Waals surface area contributed by atoms with Gasteiger partial charge >= 0.3 is 6.03 Å². The fourth-order valence-corrected chi connectivity index (χ4v) is 2.87. The van der Waals surface area contributed by atoms with E-state index in [0.717, 1.165) is 43.2 Å². The van der Waals surface area contributed by atoms with Crippen LogP contribution in [0.3, 0.4) is 0 Å². The minimum Gasteiger partial charge on any atom is -0.492 e. The van der Waals surface area contributed by atoms with Crippen LogP contribution in [0.2, 0.25) is 0 Å². The lowest BCUT2D eigenvalue weighted by molar-refractivity contribution is 0.235. The Kier molecular flexibility index (Phi) is 5.87. The molecule has 1 aliphatic rings. The van der Waals surface area contributed by atoms with Crippen LogP contribution in [-0.4, -0.2) is 33.9 Å². The summed E-state index contributed by atoms with van der Waals surface area (Å²) in [5, 5.41) is 14.1. The van der Waals surface area contributed by atoms with Gasteiger partial charge in [-0.2, -0.15) is 0 Å². The second-order valence-electron chi connectivity index (χ2n) is 6.27. The third-order valence-electron chi connectivity index (χ3n) is 4.27. The Morgan fingerprint density at radius 2 is 2.00 bits per heavy atom. The number of carbonyl (C=O) groups excluding carboxylic acids is 1. The summed E-state index contributed by atoms with van der Waals surface area (Å²) in [6.07, 6.45) is 4.49. The van der Waals surface area contributed by atoms with Gasteiger partial charge in [-0.3, -0.25) is 0 Å². The van der Waals surface area contributed by atoms with Crippen molar-refractivity contribution >= 4 is 6.03 Å². The molecule has 7 heteroatoms. The first kappa shape index (κ1) is 17.3. The highest BCUT2D eigenvalue weighted by atomic mass is 16.5.